The minimum absolute atomic E-state index is 0.146. The van der Waals surface area contributed by atoms with Crippen LogP contribution >= 0.6 is 11.8 Å². The quantitative estimate of drug-likeness (QED) is 0.307. The van der Waals surface area contributed by atoms with Crippen molar-refractivity contribution < 1.29 is 14.5 Å². The van der Waals surface area contributed by atoms with E-state index in [1.807, 2.05) is 44.2 Å². The largest absolute Gasteiger partial charge is 0.326 e. The Hall–Kier alpha value is -4.19. The van der Waals surface area contributed by atoms with E-state index in [1.54, 1.807) is 29.6 Å². The van der Waals surface area contributed by atoms with Crippen LogP contribution in [0.1, 0.15) is 38.8 Å². The van der Waals surface area contributed by atoms with Crippen LogP contribution in [-0.4, -0.2) is 47.5 Å². The summed E-state index contributed by atoms with van der Waals surface area (Å²) in [5.74, 6) is -0.709. The Bertz CT molecular complexity index is 1500. The summed E-state index contributed by atoms with van der Waals surface area (Å²) in [5.41, 5.74) is 1.38. The van der Waals surface area contributed by atoms with Crippen molar-refractivity contribution in [1.82, 2.24) is 14.3 Å². The van der Waals surface area contributed by atoms with Gasteiger partial charge in [-0.1, -0.05) is 49.4 Å². The second-order valence-electron chi connectivity index (χ2n) is 9.32. The third-order valence-electron chi connectivity index (χ3n) is 6.56. The van der Waals surface area contributed by atoms with Crippen LogP contribution in [0.2, 0.25) is 0 Å². The van der Waals surface area contributed by atoms with Crippen LogP contribution in [0.5, 0.6) is 0 Å². The SMILES string of the molecule is CCCC(C)N1C(=O)C(CC(=O)Nc2cccc([N+](=O)[O-])c2)SC1=Nc1c(C)n(C)n(-c2ccccc2)c1=O. The number of aromatic nitrogens is 2. The topological polar surface area (TPSA) is 132 Å². The van der Waals surface area contributed by atoms with Gasteiger partial charge in [-0.15, -0.1) is 0 Å². The van der Waals surface area contributed by atoms with E-state index in [2.05, 4.69) is 5.32 Å². The van der Waals surface area contributed by atoms with E-state index in [-0.39, 0.29) is 41.0 Å². The van der Waals surface area contributed by atoms with Crippen molar-refractivity contribution in [2.45, 2.75) is 51.3 Å². The number of aliphatic imine (C=N–C) groups is 1. The van der Waals surface area contributed by atoms with Gasteiger partial charge in [0.25, 0.3) is 11.2 Å². The number of nitro groups is 1. The number of hydrogen-bond donors (Lipinski definition) is 1. The first-order chi connectivity index (χ1) is 18.6. The van der Waals surface area contributed by atoms with Gasteiger partial charge in [0, 0.05) is 37.3 Å². The minimum atomic E-state index is -0.748. The van der Waals surface area contributed by atoms with E-state index < -0.39 is 16.1 Å². The Balaban J connectivity index is 1.63. The van der Waals surface area contributed by atoms with Crippen LogP contribution in [0.4, 0.5) is 17.1 Å². The summed E-state index contributed by atoms with van der Waals surface area (Å²) in [7, 11) is 1.78. The van der Waals surface area contributed by atoms with Crippen molar-refractivity contribution in [2.24, 2.45) is 12.0 Å². The first-order valence-corrected chi connectivity index (χ1v) is 13.5. The average molecular weight is 551 g/mol. The molecule has 0 radical (unpaired) electrons. The molecule has 1 N–H and O–H groups in total. The van der Waals surface area contributed by atoms with E-state index in [0.717, 1.165) is 24.6 Å². The average Bonchev–Trinajstić information content (AvgIpc) is 3.32. The summed E-state index contributed by atoms with van der Waals surface area (Å²) < 4.78 is 3.25. The number of amidine groups is 1. The van der Waals surface area contributed by atoms with Gasteiger partial charge in [0.15, 0.2) is 10.9 Å². The van der Waals surface area contributed by atoms with Crippen molar-refractivity contribution in [3.05, 3.63) is 80.8 Å². The summed E-state index contributed by atoms with van der Waals surface area (Å²) >= 11 is 1.15. The molecule has 1 aliphatic heterocycles. The number of rotatable bonds is 9. The van der Waals surface area contributed by atoms with E-state index in [0.29, 0.717) is 16.5 Å². The van der Waals surface area contributed by atoms with Crippen LogP contribution in [-0.2, 0) is 16.6 Å². The number of carbonyl (C=O) groups is 2. The molecule has 1 aliphatic rings. The Morgan fingerprint density at radius 2 is 1.90 bits per heavy atom. The minimum Gasteiger partial charge on any atom is -0.326 e. The molecule has 2 aromatic carbocycles. The second-order valence-corrected chi connectivity index (χ2v) is 10.5. The Kier molecular flexibility index (Phi) is 8.34. The number of nitrogens with zero attached hydrogens (tertiary/aromatic N) is 5. The van der Waals surface area contributed by atoms with Crippen LogP contribution in [0.25, 0.3) is 5.69 Å². The number of para-hydroxylation sites is 1. The highest BCUT2D eigenvalue weighted by Gasteiger charge is 2.41. The van der Waals surface area contributed by atoms with Crippen LogP contribution < -0.4 is 10.9 Å². The lowest BCUT2D eigenvalue weighted by Gasteiger charge is -2.24. The molecule has 1 fully saturated rings. The van der Waals surface area contributed by atoms with Crippen LogP contribution in [0, 0.1) is 17.0 Å². The standard InChI is InChI=1S/C27H30N6O5S/c1-5-10-17(2)31-25(35)22(16-23(34)28-19-11-9-14-21(15-19)33(37)38)39-27(31)29-24-18(3)30(4)32(26(24)36)20-12-7-6-8-13-20/h6-9,11-15,17,22H,5,10,16H2,1-4H3,(H,28,34). The molecule has 0 spiro atoms. The number of carbonyl (C=O) groups excluding carboxylic acids is 2. The summed E-state index contributed by atoms with van der Waals surface area (Å²) in [6.07, 6.45) is 1.41. The van der Waals surface area contributed by atoms with E-state index in [4.69, 9.17) is 4.99 Å². The van der Waals surface area contributed by atoms with Gasteiger partial charge in [-0.05, 0) is 38.5 Å². The Morgan fingerprint density at radius 1 is 1.18 bits per heavy atom. The van der Waals surface area contributed by atoms with Crippen molar-refractivity contribution in [2.75, 3.05) is 5.32 Å². The molecule has 12 heteroatoms. The first-order valence-electron chi connectivity index (χ1n) is 12.6. The molecule has 1 saturated heterocycles. The zero-order chi connectivity index (χ0) is 28.3. The number of thioether (sulfide) groups is 1. The molecule has 2 unspecified atom stereocenters. The van der Waals surface area contributed by atoms with E-state index in [9.17, 15) is 24.5 Å². The monoisotopic (exact) mass is 550 g/mol. The molecule has 2 amide bonds. The summed E-state index contributed by atoms with van der Waals surface area (Å²) in [4.78, 5) is 56.5. The van der Waals surface area contributed by atoms with Gasteiger partial charge < -0.3 is 5.32 Å². The Morgan fingerprint density at radius 3 is 2.56 bits per heavy atom. The number of non-ortho nitro benzene ring substituents is 1. The Labute approximate surface area is 229 Å². The third kappa shape index (κ3) is 5.80. The predicted molar refractivity (Wildman–Crippen MR) is 152 cm³/mol. The van der Waals surface area contributed by atoms with Crippen LogP contribution in [0.15, 0.2) is 64.4 Å². The molecule has 0 saturated carbocycles. The second kappa shape index (κ2) is 11.7. The number of anilines is 1. The lowest BCUT2D eigenvalue weighted by molar-refractivity contribution is -0.384. The maximum Gasteiger partial charge on any atom is 0.297 e. The van der Waals surface area contributed by atoms with Crippen molar-refractivity contribution in [3.63, 3.8) is 0 Å². The maximum atomic E-state index is 13.5. The van der Waals surface area contributed by atoms with Gasteiger partial charge >= 0.3 is 0 Å². The first kappa shape index (κ1) is 27.8. The highest BCUT2D eigenvalue weighted by Crippen LogP contribution is 2.34. The fourth-order valence-corrected chi connectivity index (χ4v) is 5.73. The van der Waals surface area contributed by atoms with Crippen molar-refractivity contribution in [3.8, 4) is 5.69 Å². The number of nitro benzene ring substituents is 1. The highest BCUT2D eigenvalue weighted by molar-refractivity contribution is 8.15. The lowest BCUT2D eigenvalue weighted by Crippen LogP contribution is -2.40. The zero-order valence-corrected chi connectivity index (χ0v) is 23.0. The number of hydrogen-bond acceptors (Lipinski definition) is 7. The number of amides is 2. The van der Waals surface area contributed by atoms with Crippen molar-refractivity contribution in [1.29, 1.82) is 0 Å². The molecule has 0 aliphatic carbocycles. The fourth-order valence-electron chi connectivity index (χ4n) is 4.50. The fraction of sp³-hybridized carbons (Fsp3) is 0.333. The number of benzene rings is 2. The molecular formula is C27H30N6O5S. The molecule has 3 aromatic rings. The van der Waals surface area contributed by atoms with Gasteiger partial charge in [-0.2, -0.15) is 0 Å². The summed E-state index contributed by atoms with van der Waals surface area (Å²) in [6.45, 7) is 5.74. The highest BCUT2D eigenvalue weighted by atomic mass is 32.2. The van der Waals surface area contributed by atoms with Gasteiger partial charge in [-0.3, -0.25) is 34.1 Å². The smallest absolute Gasteiger partial charge is 0.297 e. The van der Waals surface area contributed by atoms with Crippen molar-refractivity contribution >= 4 is 45.8 Å². The van der Waals surface area contributed by atoms with Gasteiger partial charge in [0.2, 0.25) is 11.8 Å². The van der Waals surface area contributed by atoms with Crippen LogP contribution in [0.3, 0.4) is 0 Å². The lowest BCUT2D eigenvalue weighted by atomic mass is 10.1. The van der Waals surface area contributed by atoms with E-state index >= 15 is 0 Å². The molecule has 11 nitrogen and oxygen atoms in total. The van der Waals surface area contributed by atoms with E-state index in [1.165, 1.54) is 22.9 Å². The summed E-state index contributed by atoms with van der Waals surface area (Å²) in [5, 5.41) is 13.3. The molecule has 0 bridgehead atoms. The molecule has 1 aromatic heterocycles. The maximum absolute atomic E-state index is 13.5. The molecule has 204 valence electrons. The third-order valence-corrected chi connectivity index (χ3v) is 7.71. The van der Waals surface area contributed by atoms with Gasteiger partial charge in [-0.25, -0.2) is 9.67 Å². The molecule has 2 atom stereocenters. The van der Waals surface area contributed by atoms with Gasteiger partial charge in [0.05, 0.1) is 16.3 Å². The molecule has 4 rings (SSSR count). The molecule has 39 heavy (non-hydrogen) atoms. The summed E-state index contributed by atoms with van der Waals surface area (Å²) in [6, 6.07) is 14.7. The molecule has 2 heterocycles. The normalized spacial score (nSPS) is 17.0. The zero-order valence-electron chi connectivity index (χ0n) is 22.2. The van der Waals surface area contributed by atoms with Gasteiger partial charge in [0.1, 0.15) is 5.25 Å². The molecular weight excluding hydrogens is 520 g/mol. The predicted octanol–water partition coefficient (Wildman–Crippen LogP) is 4.54. The number of nitrogens with one attached hydrogen (secondary N) is 1.